The zero-order chi connectivity index (χ0) is 18.5. The lowest BCUT2D eigenvalue weighted by atomic mass is 10.0. The van der Waals surface area contributed by atoms with Crippen molar-refractivity contribution < 1.29 is 5.11 Å². The summed E-state index contributed by atoms with van der Waals surface area (Å²) in [5.74, 6) is 1.36. The van der Waals surface area contributed by atoms with Crippen LogP contribution >= 0.6 is 24.0 Å². The molecule has 7 heteroatoms. The summed E-state index contributed by atoms with van der Waals surface area (Å²) in [5.41, 5.74) is 3.38. The van der Waals surface area contributed by atoms with Crippen LogP contribution in [0.2, 0.25) is 0 Å². The first-order chi connectivity index (χ1) is 12.6. The van der Waals surface area contributed by atoms with Gasteiger partial charge in [-0.2, -0.15) is 5.10 Å². The lowest BCUT2D eigenvalue weighted by Crippen LogP contribution is -2.40. The van der Waals surface area contributed by atoms with Gasteiger partial charge in [0.2, 0.25) is 0 Å². The molecule has 2 unspecified atom stereocenters. The molecule has 6 nitrogen and oxygen atoms in total. The molecule has 0 bridgehead atoms. The largest absolute Gasteiger partial charge is 0.386 e. The van der Waals surface area contributed by atoms with Crippen molar-refractivity contribution in [3.63, 3.8) is 0 Å². The van der Waals surface area contributed by atoms with E-state index in [0.717, 1.165) is 37.6 Å². The van der Waals surface area contributed by atoms with Gasteiger partial charge >= 0.3 is 0 Å². The molecule has 148 valence electrons. The number of hydrogen-bond acceptors (Lipinski definition) is 3. The average Bonchev–Trinajstić information content (AvgIpc) is 3.28. The highest BCUT2D eigenvalue weighted by Crippen LogP contribution is 2.26. The molecule has 0 spiro atoms. The van der Waals surface area contributed by atoms with Crippen LogP contribution in [-0.4, -0.2) is 51.9 Å². The highest BCUT2D eigenvalue weighted by atomic mass is 127. The fourth-order valence-corrected chi connectivity index (χ4v) is 3.37. The van der Waals surface area contributed by atoms with Gasteiger partial charge in [0, 0.05) is 38.8 Å². The molecule has 1 aromatic heterocycles. The van der Waals surface area contributed by atoms with Crippen molar-refractivity contribution in [2.45, 2.75) is 32.3 Å². The van der Waals surface area contributed by atoms with Gasteiger partial charge in [0.25, 0.3) is 0 Å². The minimum absolute atomic E-state index is 0. The number of hydrogen-bond donors (Lipinski definition) is 2. The molecule has 2 heterocycles. The van der Waals surface area contributed by atoms with Crippen LogP contribution in [0.25, 0.3) is 0 Å². The zero-order valence-corrected chi connectivity index (χ0v) is 18.6. The second-order valence-electron chi connectivity index (χ2n) is 7.00. The third-order valence-corrected chi connectivity index (χ3v) is 4.90. The van der Waals surface area contributed by atoms with Crippen molar-refractivity contribution in [3.8, 4) is 0 Å². The number of aliphatic imine (C=N–C) groups is 1. The van der Waals surface area contributed by atoms with Crippen LogP contribution in [0.15, 0.2) is 41.7 Å². The number of aromatic nitrogens is 2. The number of rotatable bonds is 5. The number of aryl methyl sites for hydroxylation is 2. The first-order valence-electron chi connectivity index (χ1n) is 9.33. The number of nitrogens with one attached hydrogen (secondary N) is 1. The second kappa shape index (κ2) is 10.1. The Balaban J connectivity index is 0.00000261. The number of likely N-dealkylation sites (tertiary alicyclic amines) is 1. The molecule has 1 fully saturated rings. The van der Waals surface area contributed by atoms with Gasteiger partial charge in [0.15, 0.2) is 5.96 Å². The van der Waals surface area contributed by atoms with E-state index in [0.29, 0.717) is 12.5 Å². The molecule has 1 saturated heterocycles. The van der Waals surface area contributed by atoms with E-state index in [2.05, 4.69) is 33.4 Å². The molecule has 2 aromatic rings. The van der Waals surface area contributed by atoms with Crippen molar-refractivity contribution >= 4 is 29.9 Å². The number of nitrogens with zero attached hydrogens (tertiary/aromatic N) is 4. The summed E-state index contributed by atoms with van der Waals surface area (Å²) >= 11 is 0. The van der Waals surface area contributed by atoms with E-state index >= 15 is 0 Å². The molecule has 1 aromatic carbocycles. The molecule has 1 aliphatic rings. The number of aliphatic hydroxyl groups is 1. The second-order valence-corrected chi connectivity index (χ2v) is 7.00. The van der Waals surface area contributed by atoms with Gasteiger partial charge in [0.1, 0.15) is 0 Å². The number of aliphatic hydroxyl groups excluding tert-OH is 1. The summed E-state index contributed by atoms with van der Waals surface area (Å²) in [5, 5.41) is 18.1. The van der Waals surface area contributed by atoms with Gasteiger partial charge in [-0.3, -0.25) is 9.67 Å². The molecule has 0 saturated carbocycles. The Kier molecular flexibility index (Phi) is 8.09. The summed E-state index contributed by atoms with van der Waals surface area (Å²) in [4.78, 5) is 6.97. The van der Waals surface area contributed by atoms with Crippen LogP contribution in [0.1, 0.15) is 42.1 Å². The van der Waals surface area contributed by atoms with Crippen LogP contribution in [0.5, 0.6) is 0 Å². The maximum absolute atomic E-state index is 10.4. The normalized spacial score (nSPS) is 18.3. The van der Waals surface area contributed by atoms with Crippen molar-refractivity contribution in [1.82, 2.24) is 20.0 Å². The van der Waals surface area contributed by atoms with E-state index in [1.54, 1.807) is 0 Å². The van der Waals surface area contributed by atoms with Crippen LogP contribution < -0.4 is 5.32 Å². The quantitative estimate of drug-likeness (QED) is 0.390. The molecule has 0 amide bonds. The fourth-order valence-electron chi connectivity index (χ4n) is 3.37. The lowest BCUT2D eigenvalue weighted by Gasteiger charge is -2.22. The van der Waals surface area contributed by atoms with E-state index < -0.39 is 6.10 Å². The van der Waals surface area contributed by atoms with Crippen LogP contribution in [0, 0.1) is 6.92 Å². The highest BCUT2D eigenvalue weighted by Gasteiger charge is 2.27. The van der Waals surface area contributed by atoms with Gasteiger partial charge in [0.05, 0.1) is 18.8 Å². The van der Waals surface area contributed by atoms with Crippen molar-refractivity contribution in [1.29, 1.82) is 0 Å². The molecule has 3 rings (SSSR count). The predicted octanol–water partition coefficient (Wildman–Crippen LogP) is 2.83. The standard InChI is InChI=1S/C20H29N5O.HI/c1-4-21-20(22-12-19(26)16-7-5-15(2)6-8-16)25-10-9-17(14-25)18-11-23-24(3)13-18;/h5-8,11,13,17,19,26H,4,9-10,12,14H2,1-3H3,(H,21,22);1H. The van der Waals surface area contributed by atoms with Gasteiger partial charge in [-0.15, -0.1) is 24.0 Å². The van der Waals surface area contributed by atoms with Crippen LogP contribution in [-0.2, 0) is 7.05 Å². The summed E-state index contributed by atoms with van der Waals surface area (Å²) in [6.45, 7) is 7.18. The van der Waals surface area contributed by atoms with Crippen LogP contribution in [0.3, 0.4) is 0 Å². The van der Waals surface area contributed by atoms with Crippen molar-refractivity contribution in [2.24, 2.45) is 12.0 Å². The molecule has 2 atom stereocenters. The van der Waals surface area contributed by atoms with E-state index in [4.69, 9.17) is 0 Å². The molecule has 0 radical (unpaired) electrons. The lowest BCUT2D eigenvalue weighted by molar-refractivity contribution is 0.186. The molecular weight excluding hydrogens is 453 g/mol. The Morgan fingerprint density at radius 1 is 1.37 bits per heavy atom. The van der Waals surface area contributed by atoms with E-state index in [9.17, 15) is 5.11 Å². The first-order valence-corrected chi connectivity index (χ1v) is 9.33. The van der Waals surface area contributed by atoms with Crippen LogP contribution in [0.4, 0.5) is 0 Å². The monoisotopic (exact) mass is 483 g/mol. The number of guanidine groups is 1. The summed E-state index contributed by atoms with van der Waals surface area (Å²) in [7, 11) is 1.95. The Morgan fingerprint density at radius 3 is 2.74 bits per heavy atom. The third kappa shape index (κ3) is 5.68. The molecule has 1 aliphatic heterocycles. The summed E-state index contributed by atoms with van der Waals surface area (Å²) < 4.78 is 1.86. The van der Waals surface area contributed by atoms with Gasteiger partial charge < -0.3 is 15.3 Å². The van der Waals surface area contributed by atoms with Gasteiger partial charge in [-0.1, -0.05) is 29.8 Å². The Bertz CT molecular complexity index is 743. The Morgan fingerprint density at radius 2 is 2.11 bits per heavy atom. The Labute approximate surface area is 178 Å². The summed E-state index contributed by atoms with van der Waals surface area (Å²) in [6.07, 6.45) is 4.57. The average molecular weight is 483 g/mol. The highest BCUT2D eigenvalue weighted by molar-refractivity contribution is 14.0. The smallest absolute Gasteiger partial charge is 0.194 e. The zero-order valence-electron chi connectivity index (χ0n) is 16.3. The minimum Gasteiger partial charge on any atom is -0.386 e. The molecule has 2 N–H and O–H groups in total. The van der Waals surface area contributed by atoms with E-state index in [1.165, 1.54) is 11.1 Å². The summed E-state index contributed by atoms with van der Waals surface area (Å²) in [6, 6.07) is 7.98. The van der Waals surface area contributed by atoms with Crippen molar-refractivity contribution in [3.05, 3.63) is 53.3 Å². The van der Waals surface area contributed by atoms with Gasteiger partial charge in [-0.05, 0) is 31.4 Å². The maximum atomic E-state index is 10.4. The fraction of sp³-hybridized carbons (Fsp3) is 0.500. The molecular formula is C20H30IN5O. The minimum atomic E-state index is -0.582. The third-order valence-electron chi connectivity index (χ3n) is 4.90. The molecule has 27 heavy (non-hydrogen) atoms. The first kappa shape index (κ1) is 21.7. The molecule has 0 aliphatic carbocycles. The topological polar surface area (TPSA) is 65.7 Å². The van der Waals surface area contributed by atoms with Crippen molar-refractivity contribution in [2.75, 3.05) is 26.2 Å². The van der Waals surface area contributed by atoms with E-state index in [1.807, 2.05) is 49.1 Å². The SMILES string of the molecule is CCNC(=NCC(O)c1ccc(C)cc1)N1CCC(c2cnn(C)c2)C1.I. The predicted molar refractivity (Wildman–Crippen MR) is 120 cm³/mol. The number of halogens is 1. The maximum Gasteiger partial charge on any atom is 0.194 e. The Hall–Kier alpha value is -1.61. The van der Waals surface area contributed by atoms with Gasteiger partial charge in [-0.25, -0.2) is 0 Å². The number of benzene rings is 1. The van der Waals surface area contributed by atoms with E-state index in [-0.39, 0.29) is 24.0 Å².